The summed E-state index contributed by atoms with van der Waals surface area (Å²) in [6, 6.07) is 0. The van der Waals surface area contributed by atoms with Crippen molar-refractivity contribution in [2.45, 2.75) is 0 Å². The molecule has 38 valence electrons. The molecule has 0 spiro atoms. The molecule has 1 unspecified atom stereocenters. The molecule has 0 saturated heterocycles. The fraction of sp³-hybridized carbons (Fsp3) is 0.250. The molecule has 2 nitrogen and oxygen atoms in total. The van der Waals surface area contributed by atoms with Crippen molar-refractivity contribution in [2.24, 2.45) is 4.99 Å². The lowest BCUT2D eigenvalue weighted by atomic mass is 10.8. The van der Waals surface area contributed by atoms with Crippen molar-refractivity contribution >= 4 is 27.8 Å². The third-order valence-corrected chi connectivity index (χ3v) is 1.68. The van der Waals surface area contributed by atoms with E-state index in [0.29, 0.717) is 5.75 Å². The molecule has 1 aliphatic heterocycles. The summed E-state index contributed by atoms with van der Waals surface area (Å²) >= 11 is 0. The van der Waals surface area contributed by atoms with Crippen LogP contribution in [0.3, 0.4) is 0 Å². The van der Waals surface area contributed by atoms with E-state index in [0.717, 1.165) is 0 Å². The molecule has 0 aliphatic carbocycles. The Labute approximate surface area is 44.2 Å². The number of nitrogens with zero attached hydrogens (tertiary/aromatic N) is 1. The molecular formula is C4H5NOS. The van der Waals surface area contributed by atoms with Gasteiger partial charge in [-0.3, -0.25) is 4.79 Å². The first-order valence-electron chi connectivity index (χ1n) is 1.85. The Morgan fingerprint density at radius 3 is 2.86 bits per heavy atom. The average molecular weight is 115 g/mol. The first-order valence-corrected chi connectivity index (χ1v) is 3.48. The number of amides is 1. The highest BCUT2D eigenvalue weighted by Gasteiger charge is 2.04. The number of hydrogen-bond donors (Lipinski definition) is 0. The lowest BCUT2D eigenvalue weighted by Crippen LogP contribution is -1.87. The normalized spacial score (nSPS) is 29.1. The standard InChI is InChI=1S/C4H5NOS/c1-7-2-4(6)5-3-7/h3H,1-2H2. The Hall–Kier alpha value is -0.440. The van der Waals surface area contributed by atoms with Gasteiger partial charge >= 0.3 is 0 Å². The van der Waals surface area contributed by atoms with Crippen LogP contribution in [0, 0.1) is 0 Å². The molecule has 0 saturated carbocycles. The van der Waals surface area contributed by atoms with Crippen LogP contribution in [0.4, 0.5) is 0 Å². The number of aliphatic imine (C=N–C) groups is 1. The summed E-state index contributed by atoms with van der Waals surface area (Å²) in [5.74, 6) is 4.14. The molecule has 1 atom stereocenters. The number of carbonyl (C=O) groups excluding carboxylic acids is 1. The highest BCUT2D eigenvalue weighted by atomic mass is 32.2. The fourth-order valence-corrected chi connectivity index (χ4v) is 1.10. The van der Waals surface area contributed by atoms with Crippen molar-refractivity contribution in [1.29, 1.82) is 0 Å². The van der Waals surface area contributed by atoms with E-state index in [1.807, 2.05) is 0 Å². The molecule has 0 radical (unpaired) electrons. The Kier molecular flexibility index (Phi) is 1.06. The summed E-state index contributed by atoms with van der Waals surface area (Å²) in [7, 11) is -0.0941. The molecule has 1 heterocycles. The average Bonchev–Trinajstić information content (AvgIpc) is 1.87. The van der Waals surface area contributed by atoms with Crippen molar-refractivity contribution in [3.8, 4) is 0 Å². The molecule has 0 aromatic heterocycles. The van der Waals surface area contributed by atoms with Gasteiger partial charge in [0, 0.05) is 0 Å². The van der Waals surface area contributed by atoms with Crippen LogP contribution in [0.15, 0.2) is 4.99 Å². The zero-order chi connectivity index (χ0) is 5.28. The molecule has 3 heteroatoms. The fourth-order valence-electron chi connectivity index (χ4n) is 0.366. The van der Waals surface area contributed by atoms with E-state index in [9.17, 15) is 4.79 Å². The van der Waals surface area contributed by atoms with E-state index >= 15 is 0 Å². The number of carbonyl (C=O) groups is 1. The van der Waals surface area contributed by atoms with Gasteiger partial charge in [-0.05, 0) is 0 Å². The molecule has 0 aromatic rings. The predicted octanol–water partition coefficient (Wildman–Crippen LogP) is 0.256. The molecule has 7 heavy (non-hydrogen) atoms. The van der Waals surface area contributed by atoms with Crippen LogP contribution >= 0.6 is 10.5 Å². The van der Waals surface area contributed by atoms with Crippen LogP contribution < -0.4 is 0 Å². The Morgan fingerprint density at radius 1 is 2.00 bits per heavy atom. The molecule has 0 N–H and O–H groups in total. The molecular weight excluding hydrogens is 110 g/mol. The Balaban J connectivity index is 2.76. The minimum atomic E-state index is -0.0941. The zero-order valence-corrected chi connectivity index (χ0v) is 4.57. The van der Waals surface area contributed by atoms with E-state index < -0.39 is 0 Å². The van der Waals surface area contributed by atoms with Crippen LogP contribution in [0.5, 0.6) is 0 Å². The van der Waals surface area contributed by atoms with Gasteiger partial charge < -0.3 is 0 Å². The van der Waals surface area contributed by atoms with Crippen LogP contribution in [-0.2, 0) is 4.79 Å². The first kappa shape index (κ1) is 4.71. The lowest BCUT2D eigenvalue weighted by Gasteiger charge is -1.78. The van der Waals surface area contributed by atoms with Crippen molar-refractivity contribution in [1.82, 2.24) is 0 Å². The topological polar surface area (TPSA) is 29.4 Å². The molecule has 1 aliphatic rings. The van der Waals surface area contributed by atoms with Crippen LogP contribution in [-0.4, -0.2) is 23.1 Å². The van der Waals surface area contributed by atoms with E-state index in [1.165, 1.54) is 0 Å². The Bertz CT molecular complexity index is 134. The van der Waals surface area contributed by atoms with E-state index in [-0.39, 0.29) is 16.4 Å². The minimum absolute atomic E-state index is 0.0293. The highest BCUT2D eigenvalue weighted by molar-refractivity contribution is 8.26. The van der Waals surface area contributed by atoms with Gasteiger partial charge in [0.15, 0.2) is 0 Å². The molecule has 0 aromatic carbocycles. The minimum Gasteiger partial charge on any atom is -0.272 e. The molecule has 1 amide bonds. The third-order valence-electron chi connectivity index (χ3n) is 0.655. The van der Waals surface area contributed by atoms with Gasteiger partial charge in [0.25, 0.3) is 5.91 Å². The summed E-state index contributed by atoms with van der Waals surface area (Å²) < 4.78 is 0. The maximum atomic E-state index is 10.2. The van der Waals surface area contributed by atoms with Crippen molar-refractivity contribution in [3.63, 3.8) is 0 Å². The summed E-state index contributed by atoms with van der Waals surface area (Å²) in [6.07, 6.45) is 0. The van der Waals surface area contributed by atoms with Crippen molar-refractivity contribution in [3.05, 3.63) is 0 Å². The van der Waals surface area contributed by atoms with Gasteiger partial charge in [-0.2, -0.15) is 0 Å². The monoisotopic (exact) mass is 115 g/mol. The van der Waals surface area contributed by atoms with Gasteiger partial charge in [0.1, 0.15) is 0 Å². The van der Waals surface area contributed by atoms with Crippen LogP contribution in [0.2, 0.25) is 0 Å². The highest BCUT2D eigenvalue weighted by Crippen LogP contribution is 2.10. The lowest BCUT2D eigenvalue weighted by molar-refractivity contribution is -0.115. The largest absolute Gasteiger partial charge is 0.272 e. The second-order valence-electron chi connectivity index (χ2n) is 1.31. The first-order chi connectivity index (χ1) is 3.29. The Morgan fingerprint density at radius 2 is 2.71 bits per heavy atom. The van der Waals surface area contributed by atoms with Crippen LogP contribution in [0.25, 0.3) is 0 Å². The molecule has 0 bridgehead atoms. The third kappa shape index (κ3) is 0.962. The van der Waals surface area contributed by atoms with Gasteiger partial charge in [-0.25, -0.2) is 4.99 Å². The van der Waals surface area contributed by atoms with Gasteiger partial charge in [0.05, 0.1) is 11.3 Å². The van der Waals surface area contributed by atoms with Gasteiger partial charge in [0.2, 0.25) is 0 Å². The molecule has 0 fully saturated rings. The summed E-state index contributed by atoms with van der Waals surface area (Å²) in [5.41, 5.74) is 1.61. The molecule has 1 rings (SSSR count). The number of hydrogen-bond acceptors (Lipinski definition) is 1. The van der Waals surface area contributed by atoms with Gasteiger partial charge in [-0.1, -0.05) is 5.87 Å². The van der Waals surface area contributed by atoms with Gasteiger partial charge in [-0.15, -0.1) is 10.5 Å². The van der Waals surface area contributed by atoms with E-state index in [1.54, 1.807) is 5.55 Å². The summed E-state index contributed by atoms with van der Waals surface area (Å²) in [5, 5.41) is 0. The second-order valence-corrected chi connectivity index (χ2v) is 2.88. The second kappa shape index (κ2) is 1.58. The van der Waals surface area contributed by atoms with Crippen molar-refractivity contribution in [2.75, 3.05) is 5.75 Å². The maximum absolute atomic E-state index is 10.2. The quantitative estimate of drug-likeness (QED) is 0.416. The number of rotatable bonds is 0. The van der Waals surface area contributed by atoms with Crippen molar-refractivity contribution < 1.29 is 4.79 Å². The smallest absolute Gasteiger partial charge is 0.255 e. The summed E-state index contributed by atoms with van der Waals surface area (Å²) in [4.78, 5) is 13.7. The SMILES string of the molecule is C=S1C=NC(=O)C1. The van der Waals surface area contributed by atoms with E-state index in [4.69, 9.17) is 0 Å². The maximum Gasteiger partial charge on any atom is 0.255 e. The van der Waals surface area contributed by atoms with Crippen LogP contribution in [0.1, 0.15) is 0 Å². The summed E-state index contributed by atoms with van der Waals surface area (Å²) in [6.45, 7) is 0. The predicted molar refractivity (Wildman–Crippen MR) is 33.1 cm³/mol. The van der Waals surface area contributed by atoms with E-state index in [2.05, 4.69) is 10.9 Å². The zero-order valence-electron chi connectivity index (χ0n) is 3.76.